The number of carboxylic acid groups (broad SMARTS) is 1. The van der Waals surface area contributed by atoms with Gasteiger partial charge in [-0.25, -0.2) is 14.2 Å². The summed E-state index contributed by atoms with van der Waals surface area (Å²) in [5, 5.41) is 9.01. The van der Waals surface area contributed by atoms with Crippen molar-refractivity contribution in [1.29, 1.82) is 0 Å². The maximum absolute atomic E-state index is 13.5. The van der Waals surface area contributed by atoms with Crippen molar-refractivity contribution in [2.75, 3.05) is 0 Å². The van der Waals surface area contributed by atoms with Gasteiger partial charge < -0.3 is 5.11 Å². The molecule has 1 aromatic carbocycles. The minimum absolute atomic E-state index is 0.198. The molecule has 0 aliphatic carbocycles. The SMILES string of the molecule is O=C(O)c1ccc(Sc2ncc(Br)cc2F)cc1. The summed E-state index contributed by atoms with van der Waals surface area (Å²) < 4.78 is 14.1. The summed E-state index contributed by atoms with van der Waals surface area (Å²) in [5.74, 6) is -1.41. The number of aromatic carboxylic acids is 1. The highest BCUT2D eigenvalue weighted by Gasteiger charge is 2.08. The largest absolute Gasteiger partial charge is 0.478 e. The Labute approximate surface area is 115 Å². The van der Waals surface area contributed by atoms with Crippen molar-refractivity contribution in [3.05, 3.63) is 52.4 Å². The van der Waals surface area contributed by atoms with E-state index in [2.05, 4.69) is 20.9 Å². The number of hydrogen-bond acceptors (Lipinski definition) is 3. The molecule has 0 fully saturated rings. The average molecular weight is 328 g/mol. The lowest BCUT2D eigenvalue weighted by atomic mass is 10.2. The molecule has 0 bridgehead atoms. The summed E-state index contributed by atoms with van der Waals surface area (Å²) in [4.78, 5) is 15.4. The monoisotopic (exact) mass is 327 g/mol. The van der Waals surface area contributed by atoms with Crippen LogP contribution in [0, 0.1) is 5.82 Å². The van der Waals surface area contributed by atoms with Gasteiger partial charge in [-0.3, -0.25) is 0 Å². The maximum atomic E-state index is 13.5. The van der Waals surface area contributed by atoms with Crippen LogP contribution in [0.1, 0.15) is 10.4 Å². The van der Waals surface area contributed by atoms with Gasteiger partial charge in [0.25, 0.3) is 0 Å². The van der Waals surface area contributed by atoms with E-state index in [1.165, 1.54) is 24.4 Å². The van der Waals surface area contributed by atoms with E-state index in [1.807, 2.05) is 0 Å². The zero-order chi connectivity index (χ0) is 13.1. The number of halogens is 2. The Balaban J connectivity index is 2.21. The second kappa shape index (κ2) is 5.49. The second-order valence-corrected chi connectivity index (χ2v) is 5.35. The van der Waals surface area contributed by atoms with E-state index in [4.69, 9.17) is 5.11 Å². The zero-order valence-electron chi connectivity index (χ0n) is 8.93. The molecule has 6 heteroatoms. The van der Waals surface area contributed by atoms with Crippen LogP contribution >= 0.6 is 27.7 Å². The normalized spacial score (nSPS) is 10.3. The first-order valence-corrected chi connectivity index (χ1v) is 6.49. The molecule has 0 aliphatic rings. The molecule has 2 aromatic rings. The Morgan fingerprint density at radius 3 is 2.56 bits per heavy atom. The summed E-state index contributed by atoms with van der Waals surface area (Å²) in [6, 6.07) is 7.53. The third kappa shape index (κ3) is 3.08. The van der Waals surface area contributed by atoms with Crippen LogP contribution in [-0.2, 0) is 0 Å². The quantitative estimate of drug-likeness (QED) is 0.930. The molecule has 1 heterocycles. The lowest BCUT2D eigenvalue weighted by molar-refractivity contribution is 0.0697. The van der Waals surface area contributed by atoms with Crippen molar-refractivity contribution >= 4 is 33.7 Å². The standard InChI is InChI=1S/C12H7BrFNO2S/c13-8-5-10(14)11(15-6-8)18-9-3-1-7(2-4-9)12(16)17/h1-6H,(H,16,17). The van der Waals surface area contributed by atoms with Crippen LogP contribution in [0.4, 0.5) is 4.39 Å². The van der Waals surface area contributed by atoms with Gasteiger partial charge in [0, 0.05) is 15.6 Å². The van der Waals surface area contributed by atoms with E-state index in [9.17, 15) is 9.18 Å². The second-order valence-electron chi connectivity index (χ2n) is 3.37. The summed E-state index contributed by atoms with van der Waals surface area (Å²) in [5.41, 5.74) is 0.198. The third-order valence-corrected chi connectivity index (χ3v) is 3.53. The van der Waals surface area contributed by atoms with Crippen molar-refractivity contribution in [3.8, 4) is 0 Å². The Hall–Kier alpha value is -1.40. The number of carboxylic acids is 1. The predicted molar refractivity (Wildman–Crippen MR) is 69.4 cm³/mol. The number of hydrogen-bond donors (Lipinski definition) is 1. The van der Waals surface area contributed by atoms with Crippen LogP contribution in [0.5, 0.6) is 0 Å². The highest BCUT2D eigenvalue weighted by Crippen LogP contribution is 2.29. The van der Waals surface area contributed by atoms with Gasteiger partial charge in [0.15, 0.2) is 5.82 Å². The van der Waals surface area contributed by atoms with E-state index < -0.39 is 11.8 Å². The van der Waals surface area contributed by atoms with Crippen molar-refractivity contribution < 1.29 is 14.3 Å². The van der Waals surface area contributed by atoms with Gasteiger partial charge >= 0.3 is 5.97 Å². The van der Waals surface area contributed by atoms with Crippen LogP contribution in [0.25, 0.3) is 0 Å². The van der Waals surface area contributed by atoms with Gasteiger partial charge in [-0.1, -0.05) is 11.8 Å². The van der Waals surface area contributed by atoms with Gasteiger partial charge in [0.1, 0.15) is 5.03 Å². The van der Waals surface area contributed by atoms with Crippen molar-refractivity contribution in [2.45, 2.75) is 9.92 Å². The minimum atomic E-state index is -0.987. The van der Waals surface area contributed by atoms with Gasteiger partial charge in [0.2, 0.25) is 0 Å². The summed E-state index contributed by atoms with van der Waals surface area (Å²) in [6.45, 7) is 0. The molecule has 0 radical (unpaired) electrons. The first-order chi connectivity index (χ1) is 8.56. The highest BCUT2D eigenvalue weighted by molar-refractivity contribution is 9.10. The molecule has 0 unspecified atom stereocenters. The minimum Gasteiger partial charge on any atom is -0.478 e. The van der Waals surface area contributed by atoms with E-state index >= 15 is 0 Å². The van der Waals surface area contributed by atoms with Gasteiger partial charge in [-0.15, -0.1) is 0 Å². The molecule has 0 saturated carbocycles. The van der Waals surface area contributed by atoms with E-state index in [-0.39, 0.29) is 10.6 Å². The third-order valence-electron chi connectivity index (χ3n) is 2.09. The smallest absolute Gasteiger partial charge is 0.335 e. The van der Waals surface area contributed by atoms with Crippen molar-refractivity contribution in [2.24, 2.45) is 0 Å². The van der Waals surface area contributed by atoms with Crippen LogP contribution in [-0.4, -0.2) is 16.1 Å². The first kappa shape index (κ1) is 13.0. The van der Waals surface area contributed by atoms with Crippen LogP contribution in [0.2, 0.25) is 0 Å². The summed E-state index contributed by atoms with van der Waals surface area (Å²) >= 11 is 4.27. The first-order valence-electron chi connectivity index (χ1n) is 4.88. The molecule has 0 amide bonds. The fourth-order valence-corrected chi connectivity index (χ4v) is 2.31. The molecular formula is C12H7BrFNO2S. The molecule has 18 heavy (non-hydrogen) atoms. The Bertz CT molecular complexity index is 589. The fourth-order valence-electron chi connectivity index (χ4n) is 1.25. The van der Waals surface area contributed by atoms with Crippen LogP contribution in [0.15, 0.2) is 50.9 Å². The zero-order valence-corrected chi connectivity index (χ0v) is 11.3. The molecule has 0 saturated heterocycles. The van der Waals surface area contributed by atoms with Crippen LogP contribution in [0.3, 0.4) is 0 Å². The van der Waals surface area contributed by atoms with Crippen LogP contribution < -0.4 is 0 Å². The molecule has 92 valence electrons. The number of carbonyl (C=O) groups is 1. The molecule has 3 nitrogen and oxygen atoms in total. The molecule has 2 rings (SSSR count). The molecule has 1 N–H and O–H groups in total. The van der Waals surface area contributed by atoms with E-state index in [0.29, 0.717) is 4.47 Å². The maximum Gasteiger partial charge on any atom is 0.335 e. The average Bonchev–Trinajstić information content (AvgIpc) is 2.33. The Morgan fingerprint density at radius 1 is 1.33 bits per heavy atom. The number of nitrogens with zero attached hydrogens (tertiary/aromatic N) is 1. The Morgan fingerprint density at radius 2 is 2.00 bits per heavy atom. The topological polar surface area (TPSA) is 50.2 Å². The van der Waals surface area contributed by atoms with Crippen molar-refractivity contribution in [1.82, 2.24) is 4.98 Å². The number of pyridine rings is 1. The van der Waals surface area contributed by atoms with Gasteiger partial charge in [-0.2, -0.15) is 0 Å². The molecule has 1 aromatic heterocycles. The predicted octanol–water partition coefficient (Wildman–Crippen LogP) is 3.83. The molecule has 0 spiro atoms. The number of rotatable bonds is 3. The van der Waals surface area contributed by atoms with Crippen molar-refractivity contribution in [3.63, 3.8) is 0 Å². The molecule has 0 aliphatic heterocycles. The number of aromatic nitrogens is 1. The summed E-state index contributed by atoms with van der Waals surface area (Å²) in [6.07, 6.45) is 1.51. The molecule has 0 atom stereocenters. The fraction of sp³-hybridized carbons (Fsp3) is 0. The Kier molecular flexibility index (Phi) is 3.98. The van der Waals surface area contributed by atoms with Gasteiger partial charge in [-0.05, 0) is 46.3 Å². The number of benzene rings is 1. The highest BCUT2D eigenvalue weighted by atomic mass is 79.9. The van der Waals surface area contributed by atoms with E-state index in [0.717, 1.165) is 16.7 Å². The summed E-state index contributed by atoms with van der Waals surface area (Å²) in [7, 11) is 0. The van der Waals surface area contributed by atoms with E-state index in [1.54, 1.807) is 12.1 Å². The van der Waals surface area contributed by atoms with Gasteiger partial charge in [0.05, 0.1) is 5.56 Å². The lowest BCUT2D eigenvalue weighted by Gasteiger charge is -2.03. The lowest BCUT2D eigenvalue weighted by Crippen LogP contribution is -1.94. The molecular weight excluding hydrogens is 321 g/mol.